The van der Waals surface area contributed by atoms with Crippen molar-refractivity contribution in [3.05, 3.63) is 48.5 Å². The van der Waals surface area contributed by atoms with E-state index in [1.54, 1.807) is 36.4 Å². The van der Waals surface area contributed by atoms with Gasteiger partial charge in [-0.2, -0.15) is 4.31 Å². The number of benzene rings is 2. The number of sulfonamides is 1. The predicted octanol–water partition coefficient (Wildman–Crippen LogP) is 2.45. The first-order chi connectivity index (χ1) is 16.3. The van der Waals surface area contributed by atoms with Gasteiger partial charge >= 0.3 is 5.97 Å². The molecule has 182 valence electrons. The molecule has 0 aromatic heterocycles. The lowest BCUT2D eigenvalue weighted by Gasteiger charge is -2.38. The van der Waals surface area contributed by atoms with E-state index in [2.05, 4.69) is 0 Å². The fraction of sp³-hybridized carbons (Fsp3) is 0.417. The molecule has 2 aromatic carbocycles. The molecule has 2 aromatic rings. The Bertz CT molecular complexity index is 1150. The molecule has 1 fully saturated rings. The number of amides is 1. The first-order valence-electron chi connectivity index (χ1n) is 11.2. The zero-order valence-corrected chi connectivity index (χ0v) is 20.0. The lowest BCUT2D eigenvalue weighted by molar-refractivity contribution is -0.148. The highest BCUT2D eigenvalue weighted by atomic mass is 32.2. The third-order valence-corrected chi connectivity index (χ3v) is 7.89. The number of ether oxygens (including phenoxy) is 3. The summed E-state index contributed by atoms with van der Waals surface area (Å²) in [6.45, 7) is 2.75. The number of para-hydroxylation sites is 2. The quantitative estimate of drug-likeness (QED) is 0.576. The van der Waals surface area contributed by atoms with E-state index in [1.807, 2.05) is 6.92 Å². The normalized spacial score (nSPS) is 20.7. The Labute approximate surface area is 199 Å². The Balaban J connectivity index is 1.54. The first-order valence-corrected chi connectivity index (χ1v) is 12.7. The maximum Gasteiger partial charge on any atom is 0.348 e. The lowest BCUT2D eigenvalue weighted by Crippen LogP contribution is -2.52. The van der Waals surface area contributed by atoms with Crippen molar-refractivity contribution in [3.8, 4) is 11.5 Å². The minimum absolute atomic E-state index is 0.00462. The zero-order valence-electron chi connectivity index (χ0n) is 19.2. The Hall–Kier alpha value is -3.11. The summed E-state index contributed by atoms with van der Waals surface area (Å²) in [4.78, 5) is 27.4. The second-order valence-electron chi connectivity index (χ2n) is 8.15. The van der Waals surface area contributed by atoms with Crippen LogP contribution in [0.3, 0.4) is 0 Å². The molecular weight excluding hydrogens is 460 g/mol. The van der Waals surface area contributed by atoms with Gasteiger partial charge in [-0.15, -0.1) is 0 Å². The molecule has 0 bridgehead atoms. The Morgan fingerprint density at radius 3 is 2.53 bits per heavy atom. The zero-order chi connectivity index (χ0) is 24.3. The van der Waals surface area contributed by atoms with Crippen LogP contribution in [-0.4, -0.2) is 64.1 Å². The van der Waals surface area contributed by atoms with Crippen LogP contribution < -0.4 is 14.4 Å². The van der Waals surface area contributed by atoms with E-state index in [0.717, 1.165) is 0 Å². The van der Waals surface area contributed by atoms with Crippen molar-refractivity contribution < 1.29 is 32.2 Å². The SMILES string of the molecule is CCOc1ccc(S(=O)(=O)N2CCC[C@H](C(=O)N3C[C@H](C(=O)OC)Oc4ccccc43)C2)cc1. The van der Waals surface area contributed by atoms with Crippen LogP contribution >= 0.6 is 0 Å². The van der Waals surface area contributed by atoms with Crippen molar-refractivity contribution >= 4 is 27.6 Å². The second-order valence-corrected chi connectivity index (χ2v) is 10.1. The highest BCUT2D eigenvalue weighted by molar-refractivity contribution is 7.89. The molecule has 4 rings (SSSR count). The summed E-state index contributed by atoms with van der Waals surface area (Å²) >= 11 is 0. The van der Waals surface area contributed by atoms with Gasteiger partial charge in [0.15, 0.2) is 0 Å². The molecular formula is C24H28N2O7S. The molecule has 10 heteroatoms. The maximum absolute atomic E-state index is 13.6. The van der Waals surface area contributed by atoms with Crippen molar-refractivity contribution in [2.24, 2.45) is 5.92 Å². The van der Waals surface area contributed by atoms with Crippen molar-refractivity contribution in [1.82, 2.24) is 4.31 Å². The van der Waals surface area contributed by atoms with E-state index < -0.39 is 28.0 Å². The molecule has 1 saturated heterocycles. The monoisotopic (exact) mass is 488 g/mol. The van der Waals surface area contributed by atoms with Crippen molar-refractivity contribution in [2.45, 2.75) is 30.8 Å². The summed E-state index contributed by atoms with van der Waals surface area (Å²) in [5.41, 5.74) is 0.555. The van der Waals surface area contributed by atoms with Crippen LogP contribution in [0.1, 0.15) is 19.8 Å². The number of piperidine rings is 1. The molecule has 34 heavy (non-hydrogen) atoms. The summed E-state index contributed by atoms with van der Waals surface area (Å²) in [6.07, 6.45) is 0.159. The Morgan fingerprint density at radius 2 is 1.82 bits per heavy atom. The molecule has 2 aliphatic heterocycles. The molecule has 0 spiro atoms. The van der Waals surface area contributed by atoms with Crippen LogP contribution in [0.2, 0.25) is 0 Å². The van der Waals surface area contributed by atoms with E-state index in [1.165, 1.54) is 28.4 Å². The van der Waals surface area contributed by atoms with E-state index in [-0.39, 0.29) is 23.9 Å². The molecule has 2 aliphatic rings. The van der Waals surface area contributed by atoms with Crippen LogP contribution in [0.5, 0.6) is 11.5 Å². The number of hydrogen-bond donors (Lipinski definition) is 0. The molecule has 0 unspecified atom stereocenters. The molecule has 1 amide bonds. The van der Waals surface area contributed by atoms with Crippen LogP contribution in [0.4, 0.5) is 5.69 Å². The third-order valence-electron chi connectivity index (χ3n) is 6.01. The molecule has 0 N–H and O–H groups in total. The Kier molecular flexibility index (Phi) is 7.08. The Morgan fingerprint density at radius 1 is 1.09 bits per heavy atom. The van der Waals surface area contributed by atoms with Gasteiger partial charge < -0.3 is 19.1 Å². The average molecular weight is 489 g/mol. The third kappa shape index (κ3) is 4.74. The average Bonchev–Trinajstić information content (AvgIpc) is 2.87. The number of methoxy groups -OCH3 is 1. The van der Waals surface area contributed by atoms with E-state index in [4.69, 9.17) is 14.2 Å². The maximum atomic E-state index is 13.6. The standard InChI is InChI=1S/C24H28N2O7S/c1-3-32-18-10-12-19(13-11-18)34(29,30)25-14-6-7-17(15-25)23(27)26-16-22(24(28)31-2)33-21-9-5-4-8-20(21)26/h4-5,8-13,17,22H,3,6-7,14-16H2,1-2H3/t17-,22+/m0/s1. The van der Waals surface area contributed by atoms with Crippen LogP contribution in [-0.2, 0) is 24.3 Å². The summed E-state index contributed by atoms with van der Waals surface area (Å²) < 4.78 is 43.8. The van der Waals surface area contributed by atoms with Crippen LogP contribution in [0.15, 0.2) is 53.4 Å². The molecule has 0 aliphatic carbocycles. The number of rotatable bonds is 6. The number of carbonyl (C=O) groups excluding carboxylic acids is 2. The van der Waals surface area contributed by atoms with Gasteiger partial charge in [-0.1, -0.05) is 12.1 Å². The summed E-state index contributed by atoms with van der Waals surface area (Å²) in [5, 5.41) is 0. The van der Waals surface area contributed by atoms with Gasteiger partial charge in [0.25, 0.3) is 0 Å². The van der Waals surface area contributed by atoms with E-state index in [0.29, 0.717) is 43.2 Å². The smallest absolute Gasteiger partial charge is 0.348 e. The highest BCUT2D eigenvalue weighted by Gasteiger charge is 2.40. The number of anilines is 1. The van der Waals surface area contributed by atoms with E-state index in [9.17, 15) is 18.0 Å². The van der Waals surface area contributed by atoms with Crippen LogP contribution in [0, 0.1) is 5.92 Å². The molecule has 2 heterocycles. The molecule has 0 saturated carbocycles. The number of esters is 1. The minimum atomic E-state index is -3.77. The second kappa shape index (κ2) is 10.0. The van der Waals surface area contributed by atoms with Gasteiger partial charge in [-0.25, -0.2) is 13.2 Å². The molecule has 2 atom stereocenters. The van der Waals surface area contributed by atoms with Gasteiger partial charge in [0.05, 0.1) is 36.8 Å². The fourth-order valence-electron chi connectivity index (χ4n) is 4.30. The summed E-state index contributed by atoms with van der Waals surface area (Å²) in [5.74, 6) is -0.353. The van der Waals surface area contributed by atoms with Gasteiger partial charge in [-0.3, -0.25) is 4.79 Å². The fourth-order valence-corrected chi connectivity index (χ4v) is 5.83. The predicted molar refractivity (Wildman–Crippen MR) is 124 cm³/mol. The van der Waals surface area contributed by atoms with Crippen LogP contribution in [0.25, 0.3) is 0 Å². The summed E-state index contributed by atoms with van der Waals surface area (Å²) in [7, 11) is -2.50. The topological polar surface area (TPSA) is 102 Å². The van der Waals surface area contributed by atoms with Gasteiger partial charge in [-0.05, 0) is 56.2 Å². The highest BCUT2D eigenvalue weighted by Crippen LogP contribution is 2.36. The number of carbonyl (C=O) groups is 2. The van der Waals surface area contributed by atoms with Crippen molar-refractivity contribution in [2.75, 3.05) is 38.3 Å². The van der Waals surface area contributed by atoms with E-state index >= 15 is 0 Å². The van der Waals surface area contributed by atoms with Gasteiger partial charge in [0.2, 0.25) is 22.0 Å². The van der Waals surface area contributed by atoms with Gasteiger partial charge in [0.1, 0.15) is 11.5 Å². The van der Waals surface area contributed by atoms with Crippen molar-refractivity contribution in [1.29, 1.82) is 0 Å². The number of hydrogen-bond acceptors (Lipinski definition) is 7. The first kappa shape index (κ1) is 24.0. The summed E-state index contributed by atoms with van der Waals surface area (Å²) in [6, 6.07) is 13.3. The molecule has 0 radical (unpaired) electrons. The number of nitrogens with zero attached hydrogens (tertiary/aromatic N) is 2. The van der Waals surface area contributed by atoms with Gasteiger partial charge in [0, 0.05) is 13.1 Å². The lowest BCUT2D eigenvalue weighted by atomic mass is 9.97. The number of fused-ring (bicyclic) bond motifs is 1. The molecule has 9 nitrogen and oxygen atoms in total. The minimum Gasteiger partial charge on any atom is -0.494 e. The van der Waals surface area contributed by atoms with Crippen molar-refractivity contribution in [3.63, 3.8) is 0 Å². The largest absolute Gasteiger partial charge is 0.494 e.